The monoisotopic (exact) mass is 350 g/mol. The van der Waals surface area contributed by atoms with Gasteiger partial charge in [0.05, 0.1) is 0 Å². The van der Waals surface area contributed by atoms with Crippen LogP contribution < -0.4 is 0 Å². The summed E-state index contributed by atoms with van der Waals surface area (Å²) < 4.78 is 21.4. The van der Waals surface area contributed by atoms with Gasteiger partial charge in [0.15, 0.2) is 11.1 Å². The second-order valence-corrected chi connectivity index (χ2v) is 6.67. The Morgan fingerprint density at radius 2 is 1.52 bits per heavy atom. The van der Waals surface area contributed by atoms with Crippen molar-refractivity contribution in [3.8, 4) is 16.9 Å². The maximum atomic E-state index is 11.8. The van der Waals surface area contributed by atoms with Gasteiger partial charge in [-0.25, -0.2) is 4.21 Å². The van der Waals surface area contributed by atoms with Crippen LogP contribution in [0.1, 0.15) is 16.4 Å². The molecule has 2 N–H and O–H groups in total. The van der Waals surface area contributed by atoms with Crippen molar-refractivity contribution in [2.24, 2.45) is 0 Å². The first-order valence-corrected chi connectivity index (χ1v) is 9.03. The summed E-state index contributed by atoms with van der Waals surface area (Å²) in [5.41, 5.74) is 3.13. The van der Waals surface area contributed by atoms with Gasteiger partial charge in [0.2, 0.25) is 0 Å². The van der Waals surface area contributed by atoms with E-state index >= 15 is 0 Å². The predicted molar refractivity (Wildman–Crippen MR) is 103 cm³/mol. The summed E-state index contributed by atoms with van der Waals surface area (Å²) in [6, 6.07) is 24.2. The Labute approximate surface area is 149 Å². The van der Waals surface area contributed by atoms with Gasteiger partial charge >= 0.3 is 0 Å². The molecule has 3 aromatic carbocycles. The molecule has 0 aliphatic rings. The fourth-order valence-electron chi connectivity index (χ4n) is 2.64. The molecule has 3 rings (SSSR count). The molecular formula is C21H18O3S. The van der Waals surface area contributed by atoms with E-state index < -0.39 is 16.3 Å². The average molecular weight is 350 g/mol. The van der Waals surface area contributed by atoms with Crippen molar-refractivity contribution in [1.29, 1.82) is 0 Å². The molecule has 3 nitrogen and oxygen atoms in total. The van der Waals surface area contributed by atoms with Crippen LogP contribution in [0.5, 0.6) is 5.75 Å². The first-order chi connectivity index (χ1) is 12.1. The van der Waals surface area contributed by atoms with Crippen molar-refractivity contribution < 1.29 is 13.9 Å². The normalized spacial score (nSPS) is 13.6. The molecule has 0 saturated heterocycles. The Hall–Kier alpha value is -2.69. The number of phenols is 1. The van der Waals surface area contributed by atoms with E-state index in [9.17, 15) is 13.9 Å². The van der Waals surface area contributed by atoms with Gasteiger partial charge in [-0.05, 0) is 22.8 Å². The third-order valence-corrected chi connectivity index (χ3v) is 4.78. The Bertz CT molecular complexity index is 890. The minimum Gasteiger partial charge on any atom is -0.507 e. The number of hydrogen-bond donors (Lipinski definition) is 2. The zero-order valence-corrected chi connectivity index (χ0v) is 14.3. The SMILES string of the molecule is O=S(O)C(C=Cc1ccccc1)c1ccc(-c2ccccc2)c(O)c1. The van der Waals surface area contributed by atoms with Gasteiger partial charge in [-0.15, -0.1) is 0 Å². The second-order valence-electron chi connectivity index (χ2n) is 5.61. The Morgan fingerprint density at radius 1 is 0.880 bits per heavy atom. The molecule has 0 fully saturated rings. The summed E-state index contributed by atoms with van der Waals surface area (Å²) in [4.78, 5) is 0. The maximum absolute atomic E-state index is 11.8. The molecular weight excluding hydrogens is 332 g/mol. The van der Waals surface area contributed by atoms with Crippen molar-refractivity contribution in [2.45, 2.75) is 5.25 Å². The zero-order valence-electron chi connectivity index (χ0n) is 13.4. The van der Waals surface area contributed by atoms with E-state index in [1.165, 1.54) is 0 Å². The number of benzene rings is 3. The van der Waals surface area contributed by atoms with Crippen LogP contribution in [0.3, 0.4) is 0 Å². The highest BCUT2D eigenvalue weighted by atomic mass is 32.2. The fraction of sp³-hybridized carbons (Fsp3) is 0.0476. The number of hydrogen-bond acceptors (Lipinski definition) is 2. The van der Waals surface area contributed by atoms with Crippen LogP contribution in [0, 0.1) is 0 Å². The van der Waals surface area contributed by atoms with Gasteiger partial charge in [-0.2, -0.15) is 0 Å². The van der Waals surface area contributed by atoms with Crippen LogP contribution in [0.15, 0.2) is 84.9 Å². The van der Waals surface area contributed by atoms with E-state index in [0.29, 0.717) is 11.1 Å². The maximum Gasteiger partial charge on any atom is 0.164 e. The molecule has 0 aromatic heterocycles. The van der Waals surface area contributed by atoms with Gasteiger partial charge in [0, 0.05) is 5.56 Å². The molecule has 25 heavy (non-hydrogen) atoms. The molecule has 126 valence electrons. The van der Waals surface area contributed by atoms with Gasteiger partial charge in [-0.1, -0.05) is 84.9 Å². The third kappa shape index (κ3) is 4.24. The first kappa shape index (κ1) is 17.1. The summed E-state index contributed by atoms with van der Waals surface area (Å²) >= 11 is -2.09. The minimum atomic E-state index is -2.09. The highest BCUT2D eigenvalue weighted by Crippen LogP contribution is 2.33. The van der Waals surface area contributed by atoms with Crippen molar-refractivity contribution in [1.82, 2.24) is 0 Å². The topological polar surface area (TPSA) is 57.5 Å². The number of phenolic OH excluding ortho intramolecular Hbond substituents is 1. The quantitative estimate of drug-likeness (QED) is 0.634. The number of rotatable bonds is 5. The van der Waals surface area contributed by atoms with Crippen LogP contribution >= 0.6 is 0 Å². The molecule has 4 heteroatoms. The molecule has 0 bridgehead atoms. The summed E-state index contributed by atoms with van der Waals surface area (Å²) in [5, 5.41) is 9.64. The van der Waals surface area contributed by atoms with Crippen molar-refractivity contribution in [3.63, 3.8) is 0 Å². The van der Waals surface area contributed by atoms with Gasteiger partial charge < -0.3 is 9.66 Å². The highest BCUT2D eigenvalue weighted by molar-refractivity contribution is 7.79. The lowest BCUT2D eigenvalue weighted by molar-refractivity contribution is 0.476. The molecule has 0 saturated carbocycles. The summed E-state index contributed by atoms with van der Waals surface area (Å²) in [5.74, 6) is 0.0901. The van der Waals surface area contributed by atoms with Crippen LogP contribution in [0.25, 0.3) is 17.2 Å². The molecule has 0 aliphatic heterocycles. The lowest BCUT2D eigenvalue weighted by Gasteiger charge is -2.12. The molecule has 0 radical (unpaired) electrons. The summed E-state index contributed by atoms with van der Waals surface area (Å²) in [6.07, 6.45) is 3.49. The van der Waals surface area contributed by atoms with Crippen molar-refractivity contribution in [2.75, 3.05) is 0 Å². The van der Waals surface area contributed by atoms with E-state index in [0.717, 1.165) is 11.1 Å². The van der Waals surface area contributed by atoms with Crippen LogP contribution in [0.2, 0.25) is 0 Å². The molecule has 3 aromatic rings. The Kier molecular flexibility index (Phi) is 5.43. The molecule has 0 spiro atoms. The van der Waals surface area contributed by atoms with Gasteiger partial charge in [-0.3, -0.25) is 0 Å². The van der Waals surface area contributed by atoms with Crippen molar-refractivity contribution in [3.05, 3.63) is 96.1 Å². The highest BCUT2D eigenvalue weighted by Gasteiger charge is 2.16. The third-order valence-electron chi connectivity index (χ3n) is 3.92. The van der Waals surface area contributed by atoms with Crippen LogP contribution in [-0.2, 0) is 11.1 Å². The van der Waals surface area contributed by atoms with E-state index in [1.54, 1.807) is 30.4 Å². The zero-order chi connectivity index (χ0) is 17.6. The predicted octanol–water partition coefficient (Wildman–Crippen LogP) is 5.04. The average Bonchev–Trinajstić information content (AvgIpc) is 2.63. The van der Waals surface area contributed by atoms with Crippen LogP contribution in [0.4, 0.5) is 0 Å². The fourth-order valence-corrected chi connectivity index (χ4v) is 3.24. The van der Waals surface area contributed by atoms with E-state index in [-0.39, 0.29) is 5.75 Å². The first-order valence-electron chi connectivity index (χ1n) is 7.86. The van der Waals surface area contributed by atoms with E-state index in [1.807, 2.05) is 60.7 Å². The van der Waals surface area contributed by atoms with Gasteiger partial charge in [0.25, 0.3) is 0 Å². The summed E-state index contributed by atoms with van der Waals surface area (Å²) in [7, 11) is 0. The number of aromatic hydroxyl groups is 1. The van der Waals surface area contributed by atoms with Gasteiger partial charge in [0.1, 0.15) is 11.0 Å². The molecule has 0 heterocycles. The molecule has 0 aliphatic carbocycles. The smallest absolute Gasteiger partial charge is 0.164 e. The standard InChI is InChI=1S/C21H18O3S/c22-20-15-18(12-13-19(20)17-9-5-2-6-10-17)21(25(23)24)14-11-16-7-3-1-4-8-16/h1-15,21-22H,(H,23,24). The summed E-state index contributed by atoms with van der Waals surface area (Å²) in [6.45, 7) is 0. The Balaban J connectivity index is 1.91. The minimum absolute atomic E-state index is 0.0901. The Morgan fingerprint density at radius 3 is 2.12 bits per heavy atom. The molecule has 0 amide bonds. The second kappa shape index (κ2) is 7.92. The largest absolute Gasteiger partial charge is 0.507 e. The van der Waals surface area contributed by atoms with E-state index in [4.69, 9.17) is 0 Å². The lowest BCUT2D eigenvalue weighted by Crippen LogP contribution is -2.02. The lowest BCUT2D eigenvalue weighted by atomic mass is 10.0. The van der Waals surface area contributed by atoms with E-state index in [2.05, 4.69) is 0 Å². The molecule has 2 unspecified atom stereocenters. The van der Waals surface area contributed by atoms with Crippen LogP contribution in [-0.4, -0.2) is 13.9 Å². The van der Waals surface area contributed by atoms with Crippen molar-refractivity contribution >= 4 is 17.2 Å². The molecule has 2 atom stereocenters.